The molecule has 21 heavy (non-hydrogen) atoms. The van der Waals surface area contributed by atoms with E-state index in [0.717, 1.165) is 34.4 Å². The van der Waals surface area contributed by atoms with E-state index in [0.29, 0.717) is 16.5 Å². The Morgan fingerprint density at radius 1 is 0.952 bits per heavy atom. The molecule has 2 aromatic carbocycles. The van der Waals surface area contributed by atoms with Crippen LogP contribution in [0.5, 0.6) is 11.5 Å². The molecule has 1 aliphatic rings. The molecule has 1 aromatic heterocycles. The smallest absolute Gasteiger partial charge is 0.166 e. The lowest BCUT2D eigenvalue weighted by Gasteiger charge is -2.09. The van der Waals surface area contributed by atoms with Crippen molar-refractivity contribution in [2.75, 3.05) is 0 Å². The van der Waals surface area contributed by atoms with E-state index in [2.05, 4.69) is 4.98 Å². The number of halogens is 1. The van der Waals surface area contributed by atoms with Crippen molar-refractivity contribution in [1.82, 2.24) is 4.98 Å². The molecule has 0 radical (unpaired) electrons. The molecule has 0 saturated carbocycles. The number of hydrogen-bond acceptors (Lipinski definition) is 2. The zero-order valence-corrected chi connectivity index (χ0v) is 11.6. The molecule has 1 N–H and O–H groups in total. The molecule has 0 unspecified atom stereocenters. The zero-order valence-electron chi connectivity index (χ0n) is 10.9. The fourth-order valence-corrected chi connectivity index (χ4v) is 2.82. The van der Waals surface area contributed by atoms with Gasteiger partial charge in [-0.15, -0.1) is 0 Å². The van der Waals surface area contributed by atoms with Crippen molar-refractivity contribution in [2.45, 2.75) is 0 Å². The molecule has 102 valence electrons. The lowest BCUT2D eigenvalue weighted by Crippen LogP contribution is -1.87. The fourth-order valence-electron chi connectivity index (χ4n) is 2.65. The van der Waals surface area contributed by atoms with Crippen LogP contribution in [0.1, 0.15) is 10.5 Å². The van der Waals surface area contributed by atoms with Gasteiger partial charge in [-0.25, -0.2) is 0 Å². The predicted octanol–water partition coefficient (Wildman–Crippen LogP) is 4.92. The molecule has 3 nitrogen and oxygen atoms in total. The van der Waals surface area contributed by atoms with Crippen LogP contribution < -0.4 is 4.74 Å². The monoisotopic (exact) mass is 295 g/mol. The first-order chi connectivity index (χ1) is 10.3. The fraction of sp³-hybridized carbons (Fsp3) is 0. The number of H-pyrrole nitrogens is 1. The summed E-state index contributed by atoms with van der Waals surface area (Å²) in [5, 5.41) is 0.622. The van der Waals surface area contributed by atoms with Gasteiger partial charge in [0.05, 0.1) is 11.4 Å². The number of aromatic amines is 1. The van der Waals surface area contributed by atoms with E-state index in [9.17, 15) is 4.79 Å². The Labute approximate surface area is 126 Å². The largest absolute Gasteiger partial charge is 0.456 e. The van der Waals surface area contributed by atoms with Crippen molar-refractivity contribution in [3.8, 4) is 33.9 Å². The second kappa shape index (κ2) is 4.50. The van der Waals surface area contributed by atoms with Crippen LogP contribution in [-0.2, 0) is 0 Å². The van der Waals surface area contributed by atoms with Gasteiger partial charge in [-0.2, -0.15) is 0 Å². The summed E-state index contributed by atoms with van der Waals surface area (Å²) in [4.78, 5) is 14.3. The molecular weight excluding hydrogens is 286 g/mol. The first-order valence-electron chi connectivity index (χ1n) is 6.51. The minimum Gasteiger partial charge on any atom is -0.456 e. The van der Waals surface area contributed by atoms with E-state index in [4.69, 9.17) is 16.3 Å². The molecule has 0 bridgehead atoms. The Morgan fingerprint density at radius 2 is 1.76 bits per heavy atom. The van der Waals surface area contributed by atoms with Gasteiger partial charge in [0.2, 0.25) is 0 Å². The maximum atomic E-state index is 11.1. The predicted molar refractivity (Wildman–Crippen MR) is 82.1 cm³/mol. The Balaban J connectivity index is 2.10. The third-order valence-electron chi connectivity index (χ3n) is 3.57. The van der Waals surface area contributed by atoms with Crippen molar-refractivity contribution >= 4 is 17.9 Å². The van der Waals surface area contributed by atoms with E-state index in [1.54, 1.807) is 6.07 Å². The van der Waals surface area contributed by atoms with Crippen LogP contribution in [0.15, 0.2) is 48.5 Å². The average molecular weight is 296 g/mol. The van der Waals surface area contributed by atoms with Gasteiger partial charge in [-0.1, -0.05) is 29.8 Å². The molecule has 0 atom stereocenters. The van der Waals surface area contributed by atoms with Crippen LogP contribution >= 0.6 is 11.6 Å². The molecule has 0 saturated heterocycles. The number of ether oxygens (including phenoxy) is 1. The highest BCUT2D eigenvalue weighted by atomic mass is 35.5. The number of carbonyl (C=O) groups excluding carboxylic acids is 1. The number of hydrogen-bond donors (Lipinski definition) is 1. The quantitative estimate of drug-likeness (QED) is 0.506. The molecule has 0 spiro atoms. The van der Waals surface area contributed by atoms with E-state index in [-0.39, 0.29) is 0 Å². The van der Waals surface area contributed by atoms with Crippen molar-refractivity contribution < 1.29 is 9.53 Å². The van der Waals surface area contributed by atoms with Crippen LogP contribution in [0.3, 0.4) is 0 Å². The van der Waals surface area contributed by atoms with Gasteiger partial charge in [-0.3, -0.25) is 4.79 Å². The molecule has 0 fully saturated rings. The number of aldehydes is 1. The number of fused-ring (bicyclic) bond motifs is 5. The van der Waals surface area contributed by atoms with Gasteiger partial charge >= 0.3 is 0 Å². The molecule has 4 rings (SSSR count). The van der Waals surface area contributed by atoms with Gasteiger partial charge in [-0.05, 0) is 30.3 Å². The Hall–Kier alpha value is -2.52. The standard InChI is InChI=1S/C17H10ClNO2/c18-10-5-6-16-14(7-10)17-13(8-11(9-20)19-17)12-3-1-2-4-15(12)21-16/h1-9,19H. The molecule has 3 aromatic rings. The third-order valence-corrected chi connectivity index (χ3v) is 3.81. The number of para-hydroxylation sites is 1. The number of benzene rings is 2. The van der Waals surface area contributed by atoms with Crippen molar-refractivity contribution in [1.29, 1.82) is 0 Å². The van der Waals surface area contributed by atoms with Gasteiger partial charge in [0, 0.05) is 21.7 Å². The van der Waals surface area contributed by atoms with Crippen molar-refractivity contribution in [3.63, 3.8) is 0 Å². The van der Waals surface area contributed by atoms with Crippen LogP contribution in [0, 0.1) is 0 Å². The lowest BCUT2D eigenvalue weighted by molar-refractivity contribution is 0.111. The second-order valence-electron chi connectivity index (χ2n) is 4.87. The first kappa shape index (κ1) is 12.2. The van der Waals surface area contributed by atoms with Gasteiger partial charge in [0.1, 0.15) is 11.5 Å². The van der Waals surface area contributed by atoms with E-state index in [1.165, 1.54) is 0 Å². The number of carbonyl (C=O) groups is 1. The van der Waals surface area contributed by atoms with Crippen molar-refractivity contribution in [3.05, 3.63) is 59.2 Å². The van der Waals surface area contributed by atoms with Gasteiger partial charge < -0.3 is 9.72 Å². The summed E-state index contributed by atoms with van der Waals surface area (Å²) in [5.74, 6) is 1.47. The van der Waals surface area contributed by atoms with Crippen LogP contribution in [0.25, 0.3) is 22.4 Å². The maximum absolute atomic E-state index is 11.1. The summed E-state index contributed by atoms with van der Waals surface area (Å²) < 4.78 is 6.00. The normalized spacial score (nSPS) is 11.7. The van der Waals surface area contributed by atoms with E-state index < -0.39 is 0 Å². The summed E-state index contributed by atoms with van der Waals surface area (Å²) in [6, 6.07) is 15.1. The summed E-state index contributed by atoms with van der Waals surface area (Å²) in [6.45, 7) is 0. The topological polar surface area (TPSA) is 42.1 Å². The number of aromatic nitrogens is 1. The SMILES string of the molecule is O=Cc1cc2c([nH]1)-c1cc(Cl)ccc1Oc1ccccc1-2. The van der Waals surface area contributed by atoms with Gasteiger partial charge in [0.15, 0.2) is 6.29 Å². The van der Waals surface area contributed by atoms with E-state index >= 15 is 0 Å². The Bertz CT molecular complexity index is 867. The van der Waals surface area contributed by atoms with Crippen LogP contribution in [0.4, 0.5) is 0 Å². The van der Waals surface area contributed by atoms with E-state index in [1.807, 2.05) is 42.5 Å². The first-order valence-corrected chi connectivity index (χ1v) is 6.89. The highest BCUT2D eigenvalue weighted by Gasteiger charge is 2.22. The summed E-state index contributed by atoms with van der Waals surface area (Å²) in [7, 11) is 0. The third kappa shape index (κ3) is 1.86. The summed E-state index contributed by atoms with van der Waals surface area (Å²) in [6.07, 6.45) is 0.808. The molecule has 4 heteroatoms. The average Bonchev–Trinajstić information content (AvgIpc) is 2.89. The number of rotatable bonds is 1. The van der Waals surface area contributed by atoms with Crippen LogP contribution in [-0.4, -0.2) is 11.3 Å². The highest BCUT2D eigenvalue weighted by Crippen LogP contribution is 2.46. The molecular formula is C17H10ClNO2. The number of nitrogens with one attached hydrogen (secondary N) is 1. The maximum Gasteiger partial charge on any atom is 0.166 e. The minimum atomic E-state index is 0.530. The Kier molecular flexibility index (Phi) is 2.62. The molecule has 2 heterocycles. The summed E-state index contributed by atoms with van der Waals surface area (Å²) in [5.41, 5.74) is 4.11. The minimum absolute atomic E-state index is 0.530. The molecule has 0 aliphatic carbocycles. The molecule has 0 amide bonds. The zero-order chi connectivity index (χ0) is 14.4. The van der Waals surface area contributed by atoms with Crippen molar-refractivity contribution in [2.24, 2.45) is 0 Å². The summed E-state index contributed by atoms with van der Waals surface area (Å²) >= 11 is 6.11. The Morgan fingerprint density at radius 3 is 2.62 bits per heavy atom. The molecule has 1 aliphatic heterocycles. The lowest BCUT2D eigenvalue weighted by atomic mass is 10.0. The van der Waals surface area contributed by atoms with Gasteiger partial charge in [0.25, 0.3) is 0 Å². The highest BCUT2D eigenvalue weighted by molar-refractivity contribution is 6.31. The van der Waals surface area contributed by atoms with Crippen LogP contribution in [0.2, 0.25) is 5.02 Å². The second-order valence-corrected chi connectivity index (χ2v) is 5.31.